The van der Waals surface area contributed by atoms with E-state index in [2.05, 4.69) is 36.3 Å². The number of rotatable bonds is 9. The Kier molecular flexibility index (Phi) is 6.89. The van der Waals surface area contributed by atoms with Crippen molar-refractivity contribution in [1.82, 2.24) is 14.9 Å². The second kappa shape index (κ2) is 9.37. The summed E-state index contributed by atoms with van der Waals surface area (Å²) in [4.78, 5) is 17.0. The van der Waals surface area contributed by atoms with E-state index in [1.807, 2.05) is 35.3 Å². The minimum atomic E-state index is -0.558. The van der Waals surface area contributed by atoms with Crippen molar-refractivity contribution in [2.45, 2.75) is 65.0 Å². The number of amides is 1. The maximum absolute atomic E-state index is 12.6. The Bertz CT molecular complexity index is 747. The van der Waals surface area contributed by atoms with Crippen molar-refractivity contribution in [2.24, 2.45) is 17.1 Å². The maximum atomic E-state index is 12.6. The van der Waals surface area contributed by atoms with Crippen LogP contribution in [0.25, 0.3) is 0 Å². The van der Waals surface area contributed by atoms with E-state index in [9.17, 15) is 4.79 Å². The van der Waals surface area contributed by atoms with Gasteiger partial charge in [0.25, 0.3) is 0 Å². The Morgan fingerprint density at radius 1 is 1.25 bits per heavy atom. The molecule has 0 unspecified atom stereocenters. The monoisotopic (exact) mass is 382 g/mol. The summed E-state index contributed by atoms with van der Waals surface area (Å²) in [6.07, 6.45) is 10.4. The molecule has 1 amide bonds. The minimum Gasteiger partial charge on any atom is -0.354 e. The zero-order valence-corrected chi connectivity index (χ0v) is 17.2. The van der Waals surface area contributed by atoms with E-state index in [0.29, 0.717) is 12.3 Å². The molecule has 3 rings (SSSR count). The number of aromatic nitrogens is 2. The van der Waals surface area contributed by atoms with Crippen molar-refractivity contribution in [3.05, 3.63) is 54.1 Å². The van der Waals surface area contributed by atoms with Gasteiger partial charge in [0.2, 0.25) is 5.91 Å². The van der Waals surface area contributed by atoms with Gasteiger partial charge >= 0.3 is 0 Å². The van der Waals surface area contributed by atoms with Crippen LogP contribution in [0.2, 0.25) is 0 Å². The number of hydrogen-bond acceptors (Lipinski definition) is 3. The molecule has 1 fully saturated rings. The van der Waals surface area contributed by atoms with Crippen LogP contribution < -0.4 is 11.1 Å². The lowest BCUT2D eigenvalue weighted by Crippen LogP contribution is -2.46. The summed E-state index contributed by atoms with van der Waals surface area (Å²) in [5.74, 6) is 0.588. The molecule has 1 aliphatic carbocycles. The number of hydrogen-bond donors (Lipinski definition) is 2. The summed E-state index contributed by atoms with van der Waals surface area (Å²) in [6, 6.07) is 9.70. The third-order valence-electron chi connectivity index (χ3n) is 5.80. The third-order valence-corrected chi connectivity index (χ3v) is 5.80. The van der Waals surface area contributed by atoms with E-state index >= 15 is 0 Å². The molecular formula is C23H34N4O. The summed E-state index contributed by atoms with van der Waals surface area (Å²) in [6.45, 7) is 6.05. The number of benzene rings is 1. The lowest BCUT2D eigenvalue weighted by molar-refractivity contribution is -0.122. The molecule has 0 radical (unpaired) electrons. The van der Waals surface area contributed by atoms with Crippen LogP contribution in [0.4, 0.5) is 0 Å². The van der Waals surface area contributed by atoms with Gasteiger partial charge < -0.3 is 15.6 Å². The van der Waals surface area contributed by atoms with Crippen LogP contribution in [0.5, 0.6) is 0 Å². The molecular weight excluding hydrogens is 348 g/mol. The van der Waals surface area contributed by atoms with Crippen molar-refractivity contribution in [2.75, 3.05) is 6.54 Å². The molecule has 5 nitrogen and oxygen atoms in total. The first kappa shape index (κ1) is 20.6. The van der Waals surface area contributed by atoms with Gasteiger partial charge in [-0.05, 0) is 36.2 Å². The van der Waals surface area contributed by atoms with E-state index in [1.165, 1.54) is 37.7 Å². The minimum absolute atomic E-state index is 0.0624. The lowest BCUT2D eigenvalue weighted by atomic mass is 9.78. The summed E-state index contributed by atoms with van der Waals surface area (Å²) in [5.41, 5.74) is 8.52. The van der Waals surface area contributed by atoms with Crippen LogP contribution in [0.1, 0.15) is 57.2 Å². The maximum Gasteiger partial charge on any atom is 0.237 e. The molecule has 3 N–H and O–H groups in total. The van der Waals surface area contributed by atoms with E-state index in [-0.39, 0.29) is 11.3 Å². The van der Waals surface area contributed by atoms with Gasteiger partial charge in [0.15, 0.2) is 0 Å². The number of nitrogens with one attached hydrogen (secondary N) is 1. The second-order valence-corrected chi connectivity index (χ2v) is 8.86. The fourth-order valence-electron chi connectivity index (χ4n) is 4.56. The quantitative estimate of drug-likeness (QED) is 0.697. The Balaban J connectivity index is 1.50. The molecule has 1 aromatic heterocycles. The number of carbonyl (C=O) groups excluding carboxylic acids is 1. The van der Waals surface area contributed by atoms with Crippen molar-refractivity contribution in [1.29, 1.82) is 0 Å². The molecule has 2 aromatic rings. The SMILES string of the molecule is CC(C)CC1(CNC(=O)[C@@H](N)Cc2cn(Cc3ccccc3)cn2)CCCC1. The van der Waals surface area contributed by atoms with Crippen molar-refractivity contribution >= 4 is 5.91 Å². The molecule has 1 heterocycles. The van der Waals surface area contributed by atoms with Crippen LogP contribution in [0.15, 0.2) is 42.9 Å². The highest BCUT2D eigenvalue weighted by molar-refractivity contribution is 5.81. The third kappa shape index (κ3) is 5.68. The lowest BCUT2D eigenvalue weighted by Gasteiger charge is -2.31. The van der Waals surface area contributed by atoms with Crippen LogP contribution in [0.3, 0.4) is 0 Å². The van der Waals surface area contributed by atoms with Gasteiger partial charge in [0, 0.05) is 25.7 Å². The molecule has 152 valence electrons. The van der Waals surface area contributed by atoms with Gasteiger partial charge in [-0.15, -0.1) is 0 Å². The first-order valence-corrected chi connectivity index (χ1v) is 10.5. The highest BCUT2D eigenvalue weighted by atomic mass is 16.2. The van der Waals surface area contributed by atoms with Gasteiger partial charge in [0.1, 0.15) is 0 Å². The average Bonchev–Trinajstić information content (AvgIpc) is 3.30. The first-order chi connectivity index (χ1) is 13.5. The predicted octanol–water partition coefficient (Wildman–Crippen LogP) is 3.52. The molecule has 0 bridgehead atoms. The molecule has 0 saturated heterocycles. The van der Waals surface area contributed by atoms with Gasteiger partial charge in [0.05, 0.1) is 18.1 Å². The summed E-state index contributed by atoms with van der Waals surface area (Å²) >= 11 is 0. The second-order valence-electron chi connectivity index (χ2n) is 8.86. The predicted molar refractivity (Wildman–Crippen MR) is 113 cm³/mol. The molecule has 5 heteroatoms. The first-order valence-electron chi connectivity index (χ1n) is 10.5. The van der Waals surface area contributed by atoms with Crippen molar-refractivity contribution < 1.29 is 4.79 Å². The van der Waals surface area contributed by atoms with Crippen LogP contribution >= 0.6 is 0 Å². The molecule has 1 atom stereocenters. The summed E-state index contributed by atoms with van der Waals surface area (Å²) in [7, 11) is 0. The van der Waals surface area contributed by atoms with Crippen LogP contribution in [-0.2, 0) is 17.8 Å². The number of imidazole rings is 1. The van der Waals surface area contributed by atoms with E-state index in [4.69, 9.17) is 5.73 Å². The van der Waals surface area contributed by atoms with E-state index in [0.717, 1.165) is 18.8 Å². The van der Waals surface area contributed by atoms with Gasteiger partial charge in [-0.3, -0.25) is 4.79 Å². The fourth-order valence-corrected chi connectivity index (χ4v) is 4.56. The Labute approximate surface area is 168 Å². The smallest absolute Gasteiger partial charge is 0.237 e. The zero-order chi connectivity index (χ0) is 20.0. The number of nitrogens with zero attached hydrogens (tertiary/aromatic N) is 2. The molecule has 0 spiro atoms. The Hall–Kier alpha value is -2.14. The zero-order valence-electron chi connectivity index (χ0n) is 17.2. The number of nitrogens with two attached hydrogens (primary N) is 1. The summed E-state index contributed by atoms with van der Waals surface area (Å²) < 4.78 is 2.03. The van der Waals surface area contributed by atoms with Gasteiger partial charge in [-0.25, -0.2) is 4.98 Å². The Morgan fingerprint density at radius 3 is 2.64 bits per heavy atom. The normalized spacial score (nSPS) is 17.0. The van der Waals surface area contributed by atoms with E-state index in [1.54, 1.807) is 0 Å². The highest BCUT2D eigenvalue weighted by Gasteiger charge is 2.35. The van der Waals surface area contributed by atoms with Crippen molar-refractivity contribution in [3.8, 4) is 0 Å². The summed E-state index contributed by atoms with van der Waals surface area (Å²) in [5, 5.41) is 3.14. The Morgan fingerprint density at radius 2 is 1.96 bits per heavy atom. The van der Waals surface area contributed by atoms with Gasteiger partial charge in [-0.1, -0.05) is 57.0 Å². The largest absolute Gasteiger partial charge is 0.354 e. The molecule has 28 heavy (non-hydrogen) atoms. The fraction of sp³-hybridized carbons (Fsp3) is 0.565. The standard InChI is InChI=1S/C23H34N4O/c1-18(2)13-23(10-6-7-11-23)16-25-22(28)21(24)12-20-15-27(17-26-20)14-19-8-4-3-5-9-19/h3-5,8-9,15,17-18,21H,6-7,10-14,16,24H2,1-2H3,(H,25,28)/t21-/m0/s1. The molecule has 1 aliphatic rings. The molecule has 1 saturated carbocycles. The van der Waals surface area contributed by atoms with Crippen LogP contribution in [0, 0.1) is 11.3 Å². The number of carbonyl (C=O) groups is 1. The van der Waals surface area contributed by atoms with E-state index < -0.39 is 6.04 Å². The molecule has 0 aliphatic heterocycles. The topological polar surface area (TPSA) is 72.9 Å². The molecule has 1 aromatic carbocycles. The van der Waals surface area contributed by atoms with Gasteiger partial charge in [-0.2, -0.15) is 0 Å². The van der Waals surface area contributed by atoms with Crippen LogP contribution in [-0.4, -0.2) is 28.0 Å². The highest BCUT2D eigenvalue weighted by Crippen LogP contribution is 2.42. The average molecular weight is 383 g/mol. The van der Waals surface area contributed by atoms with Crippen molar-refractivity contribution in [3.63, 3.8) is 0 Å².